The lowest BCUT2D eigenvalue weighted by Crippen LogP contribution is -2.45. The number of nitrogens with zero attached hydrogens (tertiary/aromatic N) is 5. The Bertz CT molecular complexity index is 1040. The van der Waals surface area contributed by atoms with E-state index in [1.165, 1.54) is 0 Å². The molecule has 1 spiro atoms. The molecule has 2 aliphatic heterocycles. The van der Waals surface area contributed by atoms with E-state index in [1.54, 1.807) is 4.68 Å². The first kappa shape index (κ1) is 20.2. The number of H-pyrrole nitrogens is 1. The fourth-order valence-electron chi connectivity index (χ4n) is 5.31. The van der Waals surface area contributed by atoms with E-state index in [4.69, 9.17) is 9.72 Å². The summed E-state index contributed by atoms with van der Waals surface area (Å²) in [6, 6.07) is 1.87. The molecule has 2 aromatic rings. The van der Waals surface area contributed by atoms with Crippen LogP contribution in [0.1, 0.15) is 53.6 Å². The molecule has 4 heterocycles. The first-order chi connectivity index (χ1) is 15.0. The highest BCUT2D eigenvalue weighted by atomic mass is 16.5. The summed E-state index contributed by atoms with van der Waals surface area (Å²) in [6.45, 7) is 8.72. The molecule has 166 valence electrons. The normalized spacial score (nSPS) is 20.3. The minimum absolute atomic E-state index is 0.0100. The SMILES string of the molecule is CCn1nc(C)cc1C(=O)N1CCC2(CCc3c2nc(N2CCOCC2)[nH]c3=O)CC1. The monoisotopic (exact) mass is 426 g/mol. The van der Waals surface area contributed by atoms with Crippen LogP contribution in [0.25, 0.3) is 0 Å². The number of amides is 1. The first-order valence-corrected chi connectivity index (χ1v) is 11.3. The van der Waals surface area contributed by atoms with Crippen LogP contribution in [0, 0.1) is 6.92 Å². The van der Waals surface area contributed by atoms with E-state index in [1.807, 2.05) is 24.8 Å². The maximum atomic E-state index is 13.1. The zero-order valence-electron chi connectivity index (χ0n) is 18.3. The van der Waals surface area contributed by atoms with Crippen molar-refractivity contribution in [2.75, 3.05) is 44.3 Å². The summed E-state index contributed by atoms with van der Waals surface area (Å²) in [5.74, 6) is 0.706. The molecule has 1 N–H and O–H groups in total. The van der Waals surface area contributed by atoms with Gasteiger partial charge in [0.2, 0.25) is 5.95 Å². The van der Waals surface area contributed by atoms with Crippen molar-refractivity contribution in [3.05, 3.63) is 39.1 Å². The summed E-state index contributed by atoms with van der Waals surface area (Å²) in [5, 5.41) is 4.42. The third kappa shape index (κ3) is 3.44. The molecule has 0 radical (unpaired) electrons. The van der Waals surface area contributed by atoms with Crippen molar-refractivity contribution in [1.82, 2.24) is 24.6 Å². The number of hydrogen-bond acceptors (Lipinski definition) is 6. The van der Waals surface area contributed by atoms with Gasteiger partial charge in [-0.3, -0.25) is 19.3 Å². The summed E-state index contributed by atoms with van der Waals surface area (Å²) < 4.78 is 7.22. The summed E-state index contributed by atoms with van der Waals surface area (Å²) >= 11 is 0. The topological polar surface area (TPSA) is 96.3 Å². The Kier molecular flexibility index (Phi) is 5.08. The number of carbonyl (C=O) groups is 1. The molecular formula is C22H30N6O3. The number of anilines is 1. The van der Waals surface area contributed by atoms with E-state index in [0.29, 0.717) is 44.5 Å². The standard InChI is InChI=1S/C22H30N6O3/c1-3-28-17(14-15(2)25-28)20(30)26-8-6-22(7-9-26)5-4-16-18(22)23-21(24-19(16)29)27-10-12-31-13-11-27/h14H,3-13H2,1-2H3,(H,23,24,29). The highest BCUT2D eigenvalue weighted by Gasteiger charge is 2.45. The van der Waals surface area contributed by atoms with Gasteiger partial charge in [0, 0.05) is 43.7 Å². The molecule has 1 amide bonds. The second-order valence-corrected chi connectivity index (χ2v) is 8.88. The Balaban J connectivity index is 1.37. The molecule has 31 heavy (non-hydrogen) atoms. The third-order valence-electron chi connectivity index (χ3n) is 7.10. The molecule has 0 aromatic carbocycles. The molecule has 2 aromatic heterocycles. The lowest BCUT2D eigenvalue weighted by molar-refractivity contribution is 0.0651. The largest absolute Gasteiger partial charge is 0.378 e. The number of aromatic nitrogens is 4. The van der Waals surface area contributed by atoms with Crippen molar-refractivity contribution in [1.29, 1.82) is 0 Å². The van der Waals surface area contributed by atoms with Gasteiger partial charge in [-0.1, -0.05) is 0 Å². The van der Waals surface area contributed by atoms with Gasteiger partial charge in [-0.25, -0.2) is 4.98 Å². The van der Waals surface area contributed by atoms with Crippen LogP contribution in [0.15, 0.2) is 10.9 Å². The smallest absolute Gasteiger partial charge is 0.272 e. The Labute approximate surface area is 181 Å². The number of piperidine rings is 1. The first-order valence-electron chi connectivity index (χ1n) is 11.3. The van der Waals surface area contributed by atoms with Crippen molar-refractivity contribution in [3.63, 3.8) is 0 Å². The van der Waals surface area contributed by atoms with Crippen LogP contribution in [0.3, 0.4) is 0 Å². The predicted molar refractivity (Wildman–Crippen MR) is 116 cm³/mol. The minimum Gasteiger partial charge on any atom is -0.378 e. The van der Waals surface area contributed by atoms with E-state index in [-0.39, 0.29) is 16.9 Å². The Morgan fingerprint density at radius 1 is 1.19 bits per heavy atom. The van der Waals surface area contributed by atoms with Gasteiger partial charge < -0.3 is 14.5 Å². The number of nitrogens with one attached hydrogen (secondary N) is 1. The number of morpholine rings is 1. The van der Waals surface area contributed by atoms with Gasteiger partial charge in [-0.2, -0.15) is 5.10 Å². The molecule has 9 nitrogen and oxygen atoms in total. The number of ether oxygens (including phenoxy) is 1. The maximum Gasteiger partial charge on any atom is 0.272 e. The van der Waals surface area contributed by atoms with Gasteiger partial charge in [0.15, 0.2) is 0 Å². The van der Waals surface area contributed by atoms with Gasteiger partial charge in [0.1, 0.15) is 5.69 Å². The molecule has 0 saturated carbocycles. The van der Waals surface area contributed by atoms with Crippen molar-refractivity contribution < 1.29 is 9.53 Å². The van der Waals surface area contributed by atoms with Crippen LogP contribution in [-0.2, 0) is 23.1 Å². The van der Waals surface area contributed by atoms with Crippen LogP contribution >= 0.6 is 0 Å². The lowest BCUT2D eigenvalue weighted by atomic mass is 9.76. The molecule has 0 atom stereocenters. The summed E-state index contributed by atoms with van der Waals surface area (Å²) in [4.78, 5) is 37.9. The van der Waals surface area contributed by atoms with Crippen molar-refractivity contribution in [2.45, 2.75) is 51.5 Å². The quantitative estimate of drug-likeness (QED) is 0.794. The fourth-order valence-corrected chi connectivity index (χ4v) is 5.31. The van der Waals surface area contributed by atoms with E-state index < -0.39 is 0 Å². The number of hydrogen-bond donors (Lipinski definition) is 1. The van der Waals surface area contributed by atoms with Gasteiger partial charge >= 0.3 is 0 Å². The zero-order valence-corrected chi connectivity index (χ0v) is 18.3. The highest BCUT2D eigenvalue weighted by molar-refractivity contribution is 5.92. The number of carbonyl (C=O) groups excluding carboxylic acids is 1. The van der Waals surface area contributed by atoms with Crippen LogP contribution < -0.4 is 10.5 Å². The predicted octanol–water partition coefficient (Wildman–Crippen LogP) is 1.25. The molecule has 2 saturated heterocycles. The van der Waals surface area contributed by atoms with Gasteiger partial charge in [-0.05, 0) is 45.6 Å². The lowest BCUT2D eigenvalue weighted by Gasteiger charge is -2.39. The van der Waals surface area contributed by atoms with Gasteiger partial charge in [-0.15, -0.1) is 0 Å². The Hall–Kier alpha value is -2.68. The van der Waals surface area contributed by atoms with Crippen molar-refractivity contribution >= 4 is 11.9 Å². The highest BCUT2D eigenvalue weighted by Crippen LogP contribution is 2.44. The van der Waals surface area contributed by atoms with Crippen LogP contribution in [-0.4, -0.2) is 69.9 Å². The number of rotatable bonds is 3. The van der Waals surface area contributed by atoms with Gasteiger partial charge in [0.05, 0.1) is 24.6 Å². The molecular weight excluding hydrogens is 396 g/mol. The molecule has 9 heteroatoms. The summed E-state index contributed by atoms with van der Waals surface area (Å²) in [7, 11) is 0. The summed E-state index contributed by atoms with van der Waals surface area (Å²) in [6.07, 6.45) is 3.36. The minimum atomic E-state index is -0.109. The number of likely N-dealkylation sites (tertiary alicyclic amines) is 1. The second kappa shape index (κ2) is 7.78. The van der Waals surface area contributed by atoms with E-state index >= 15 is 0 Å². The van der Waals surface area contributed by atoms with Crippen molar-refractivity contribution in [2.24, 2.45) is 0 Å². The molecule has 1 aliphatic carbocycles. The number of fused-ring (bicyclic) bond motifs is 2. The average Bonchev–Trinajstić information content (AvgIpc) is 3.35. The Morgan fingerprint density at radius 3 is 2.65 bits per heavy atom. The molecule has 5 rings (SSSR count). The molecule has 0 bridgehead atoms. The van der Waals surface area contributed by atoms with E-state index in [0.717, 1.165) is 55.7 Å². The van der Waals surface area contributed by atoms with Crippen LogP contribution in [0.2, 0.25) is 0 Å². The van der Waals surface area contributed by atoms with Crippen LogP contribution in [0.5, 0.6) is 0 Å². The third-order valence-corrected chi connectivity index (χ3v) is 7.10. The molecule has 0 unspecified atom stereocenters. The van der Waals surface area contributed by atoms with Crippen molar-refractivity contribution in [3.8, 4) is 0 Å². The summed E-state index contributed by atoms with van der Waals surface area (Å²) in [5.41, 5.74) is 3.19. The molecule has 3 aliphatic rings. The van der Waals surface area contributed by atoms with Crippen LogP contribution in [0.4, 0.5) is 5.95 Å². The zero-order chi connectivity index (χ0) is 21.6. The number of aromatic amines is 1. The number of aryl methyl sites for hydroxylation is 2. The maximum absolute atomic E-state index is 13.1. The molecule has 2 fully saturated rings. The van der Waals surface area contributed by atoms with E-state index in [9.17, 15) is 9.59 Å². The average molecular weight is 427 g/mol. The van der Waals surface area contributed by atoms with E-state index in [2.05, 4.69) is 15.0 Å². The fraction of sp³-hybridized carbons (Fsp3) is 0.636. The second-order valence-electron chi connectivity index (χ2n) is 8.88. The Morgan fingerprint density at radius 2 is 1.94 bits per heavy atom. The van der Waals surface area contributed by atoms with Gasteiger partial charge in [0.25, 0.3) is 11.5 Å².